The van der Waals surface area contributed by atoms with Crippen molar-refractivity contribution < 1.29 is 22.7 Å². The van der Waals surface area contributed by atoms with E-state index >= 15 is 0 Å². The fourth-order valence-corrected chi connectivity index (χ4v) is 3.46. The van der Waals surface area contributed by atoms with Gasteiger partial charge >= 0.3 is 6.18 Å². The van der Waals surface area contributed by atoms with Crippen molar-refractivity contribution >= 4 is 29.1 Å². The molecule has 2 heterocycles. The van der Waals surface area contributed by atoms with Crippen LogP contribution in [-0.2, 0) is 6.18 Å². The van der Waals surface area contributed by atoms with E-state index in [2.05, 4.69) is 5.32 Å². The molecule has 1 aliphatic heterocycles. The number of rotatable bonds is 2. The minimum Gasteiger partial charge on any atom is -0.456 e. The Balaban J connectivity index is 1.73. The SMILES string of the molecule is O=C(NC1c2ccc(Cl)cc2Oc2cc(Cl)ccc21)c1ccc(C(F)(F)F)[nH]c1=O. The van der Waals surface area contributed by atoms with Crippen LogP contribution in [0.5, 0.6) is 11.5 Å². The van der Waals surface area contributed by atoms with Crippen LogP contribution in [0.3, 0.4) is 0 Å². The molecular formula is C20H11Cl2F3N2O3. The number of aromatic nitrogens is 1. The summed E-state index contributed by atoms with van der Waals surface area (Å²) in [5, 5.41) is 3.49. The van der Waals surface area contributed by atoms with Crippen LogP contribution in [0.15, 0.2) is 53.3 Å². The Bertz CT molecular complexity index is 1170. The average molecular weight is 455 g/mol. The van der Waals surface area contributed by atoms with E-state index in [9.17, 15) is 22.8 Å². The van der Waals surface area contributed by atoms with Crippen molar-refractivity contribution in [3.8, 4) is 11.5 Å². The van der Waals surface area contributed by atoms with E-state index < -0.39 is 34.9 Å². The molecule has 0 fully saturated rings. The number of carbonyl (C=O) groups excluding carboxylic acids is 1. The second-order valence-corrected chi connectivity index (χ2v) is 7.36. The maximum atomic E-state index is 12.8. The zero-order chi connectivity index (χ0) is 21.6. The van der Waals surface area contributed by atoms with Crippen molar-refractivity contribution in [1.29, 1.82) is 0 Å². The summed E-state index contributed by atoms with van der Waals surface area (Å²) in [7, 11) is 0. The van der Waals surface area contributed by atoms with Gasteiger partial charge in [0.15, 0.2) is 0 Å². The summed E-state index contributed by atoms with van der Waals surface area (Å²) in [6.07, 6.45) is -4.73. The van der Waals surface area contributed by atoms with Gasteiger partial charge in [0.1, 0.15) is 22.8 Å². The van der Waals surface area contributed by atoms with Gasteiger partial charge in [0, 0.05) is 21.2 Å². The zero-order valence-corrected chi connectivity index (χ0v) is 16.3. The summed E-state index contributed by atoms with van der Waals surface area (Å²) in [4.78, 5) is 26.5. The molecule has 0 saturated heterocycles. The number of alkyl halides is 3. The van der Waals surface area contributed by atoms with E-state index in [0.29, 0.717) is 38.7 Å². The molecule has 0 spiro atoms. The molecule has 30 heavy (non-hydrogen) atoms. The normalized spacial score (nSPS) is 13.2. The molecule has 154 valence electrons. The molecule has 5 nitrogen and oxygen atoms in total. The fourth-order valence-electron chi connectivity index (χ4n) is 3.14. The summed E-state index contributed by atoms with van der Waals surface area (Å²) in [6.45, 7) is 0. The van der Waals surface area contributed by atoms with Crippen molar-refractivity contribution in [2.75, 3.05) is 0 Å². The highest BCUT2D eigenvalue weighted by Gasteiger charge is 2.33. The van der Waals surface area contributed by atoms with Crippen LogP contribution in [0, 0.1) is 0 Å². The predicted molar refractivity (Wildman–Crippen MR) is 104 cm³/mol. The first kappa shape index (κ1) is 20.3. The number of H-pyrrole nitrogens is 1. The van der Waals surface area contributed by atoms with Crippen molar-refractivity contribution in [3.63, 3.8) is 0 Å². The molecule has 1 aliphatic rings. The van der Waals surface area contributed by atoms with Gasteiger partial charge in [-0.05, 0) is 36.4 Å². The molecule has 0 unspecified atom stereocenters. The van der Waals surface area contributed by atoms with Crippen LogP contribution < -0.4 is 15.6 Å². The van der Waals surface area contributed by atoms with Crippen LogP contribution in [0.1, 0.15) is 33.2 Å². The molecule has 3 aromatic rings. The Morgan fingerprint density at radius 3 is 2.03 bits per heavy atom. The lowest BCUT2D eigenvalue weighted by atomic mass is 9.94. The highest BCUT2D eigenvalue weighted by molar-refractivity contribution is 6.31. The Morgan fingerprint density at radius 1 is 0.967 bits per heavy atom. The average Bonchev–Trinajstić information content (AvgIpc) is 2.66. The summed E-state index contributed by atoms with van der Waals surface area (Å²) in [5.41, 5.74) is -1.73. The first-order chi connectivity index (χ1) is 14.1. The van der Waals surface area contributed by atoms with Crippen molar-refractivity contribution in [2.24, 2.45) is 0 Å². The third kappa shape index (κ3) is 3.76. The minimum atomic E-state index is -4.73. The molecule has 0 bridgehead atoms. The van der Waals surface area contributed by atoms with E-state index in [-0.39, 0.29) is 0 Å². The van der Waals surface area contributed by atoms with Gasteiger partial charge in [-0.3, -0.25) is 9.59 Å². The summed E-state index contributed by atoms with van der Waals surface area (Å²) in [5.74, 6) is -0.0912. The number of fused-ring (bicyclic) bond motifs is 2. The Hall–Kier alpha value is -2.97. The highest BCUT2D eigenvalue weighted by atomic mass is 35.5. The predicted octanol–water partition coefficient (Wildman–Crippen LogP) is 5.33. The standard InChI is InChI=1S/C20H11Cl2F3N2O3/c21-9-1-3-11-14(7-9)30-15-8-10(22)2-4-12(15)17(11)27-19(29)13-5-6-16(20(23,24)25)26-18(13)28/h1-8,17H,(H,26,28)(H,27,29). The summed E-state index contributed by atoms with van der Waals surface area (Å²) < 4.78 is 44.1. The third-order valence-corrected chi connectivity index (χ3v) is 5.00. The third-order valence-electron chi connectivity index (χ3n) is 4.53. The summed E-state index contributed by atoms with van der Waals surface area (Å²) >= 11 is 12.1. The summed E-state index contributed by atoms with van der Waals surface area (Å²) in [6, 6.07) is 10.4. The van der Waals surface area contributed by atoms with Gasteiger partial charge in [0.05, 0.1) is 6.04 Å². The number of amides is 1. The molecule has 1 aromatic heterocycles. The second-order valence-electron chi connectivity index (χ2n) is 6.49. The van der Waals surface area contributed by atoms with Crippen molar-refractivity contribution in [1.82, 2.24) is 10.3 Å². The van der Waals surface area contributed by atoms with E-state index in [1.165, 1.54) is 0 Å². The molecule has 2 aromatic carbocycles. The molecule has 2 N–H and O–H groups in total. The molecule has 1 amide bonds. The second kappa shape index (κ2) is 7.37. The lowest BCUT2D eigenvalue weighted by molar-refractivity contribution is -0.141. The van der Waals surface area contributed by atoms with Crippen molar-refractivity contribution in [2.45, 2.75) is 12.2 Å². The quantitative estimate of drug-likeness (QED) is 0.549. The van der Waals surface area contributed by atoms with Crippen LogP contribution in [0.25, 0.3) is 0 Å². The molecule has 10 heteroatoms. The number of aromatic amines is 1. The van der Waals surface area contributed by atoms with E-state index in [4.69, 9.17) is 27.9 Å². The molecule has 4 rings (SSSR count). The number of hydrogen-bond donors (Lipinski definition) is 2. The maximum Gasteiger partial charge on any atom is 0.431 e. The van der Waals surface area contributed by atoms with Gasteiger partial charge in [-0.25, -0.2) is 0 Å². The molecule has 0 aliphatic carbocycles. The number of pyridine rings is 1. The maximum absolute atomic E-state index is 12.8. The fraction of sp³-hybridized carbons (Fsp3) is 0.100. The minimum absolute atomic E-state index is 0.379. The van der Waals surface area contributed by atoms with Crippen LogP contribution in [-0.4, -0.2) is 10.9 Å². The van der Waals surface area contributed by atoms with Crippen LogP contribution >= 0.6 is 23.2 Å². The number of benzene rings is 2. The Kier molecular flexibility index (Phi) is 4.99. The number of carbonyl (C=O) groups is 1. The van der Waals surface area contributed by atoms with Crippen LogP contribution in [0.4, 0.5) is 13.2 Å². The molecular weight excluding hydrogens is 444 g/mol. The van der Waals surface area contributed by atoms with Crippen LogP contribution in [0.2, 0.25) is 10.0 Å². The Labute approximate surface area is 177 Å². The van der Waals surface area contributed by atoms with Gasteiger partial charge in [0.2, 0.25) is 0 Å². The zero-order valence-electron chi connectivity index (χ0n) is 14.8. The lowest BCUT2D eigenvalue weighted by Crippen LogP contribution is -2.35. The van der Waals surface area contributed by atoms with E-state index in [1.807, 2.05) is 0 Å². The number of ether oxygens (including phenoxy) is 1. The van der Waals surface area contributed by atoms with Crippen molar-refractivity contribution in [3.05, 3.63) is 91.3 Å². The topological polar surface area (TPSA) is 71.2 Å². The number of hydrogen-bond acceptors (Lipinski definition) is 3. The molecule has 0 radical (unpaired) electrons. The van der Waals surface area contributed by atoms with E-state index in [0.717, 1.165) is 6.07 Å². The molecule has 0 saturated carbocycles. The monoisotopic (exact) mass is 454 g/mol. The van der Waals surface area contributed by atoms with Gasteiger partial charge in [-0.1, -0.05) is 35.3 Å². The number of halogens is 5. The van der Waals surface area contributed by atoms with E-state index in [1.54, 1.807) is 41.4 Å². The first-order valence-corrected chi connectivity index (χ1v) is 9.27. The first-order valence-electron chi connectivity index (χ1n) is 8.51. The largest absolute Gasteiger partial charge is 0.456 e. The lowest BCUT2D eigenvalue weighted by Gasteiger charge is -2.29. The highest BCUT2D eigenvalue weighted by Crippen LogP contribution is 2.44. The van der Waals surface area contributed by atoms with Gasteiger partial charge < -0.3 is 15.0 Å². The molecule has 0 atom stereocenters. The van der Waals surface area contributed by atoms with Gasteiger partial charge in [-0.15, -0.1) is 0 Å². The van der Waals surface area contributed by atoms with Gasteiger partial charge in [-0.2, -0.15) is 13.2 Å². The smallest absolute Gasteiger partial charge is 0.431 e. The Morgan fingerprint density at radius 2 is 1.53 bits per heavy atom. The van der Waals surface area contributed by atoms with Gasteiger partial charge in [0.25, 0.3) is 11.5 Å². The number of nitrogens with one attached hydrogen (secondary N) is 2.